The van der Waals surface area contributed by atoms with Crippen LogP contribution in [-0.4, -0.2) is 45.7 Å². The molecular formula is C28H22ClF3N6O3. The van der Waals surface area contributed by atoms with E-state index in [-0.39, 0.29) is 40.6 Å². The van der Waals surface area contributed by atoms with Gasteiger partial charge in [-0.15, -0.1) is 0 Å². The van der Waals surface area contributed by atoms with E-state index < -0.39 is 60.4 Å². The summed E-state index contributed by atoms with van der Waals surface area (Å²) in [7, 11) is 0. The Balaban J connectivity index is 1.61. The van der Waals surface area contributed by atoms with Crippen molar-refractivity contribution in [2.45, 2.75) is 49.7 Å². The van der Waals surface area contributed by atoms with Crippen molar-refractivity contribution in [2.75, 3.05) is 9.80 Å². The third kappa shape index (κ3) is 5.71. The maximum absolute atomic E-state index is 14.4. The summed E-state index contributed by atoms with van der Waals surface area (Å²) in [4.78, 5) is 54.6. The van der Waals surface area contributed by atoms with Crippen molar-refractivity contribution in [2.24, 2.45) is 0 Å². The van der Waals surface area contributed by atoms with Gasteiger partial charge < -0.3 is 5.32 Å². The smallest absolute Gasteiger partial charge is 0.252 e. The number of nitrogens with one attached hydrogen (secondary N) is 1. The fraction of sp³-hybridized carbons (Fsp3) is 0.286. The SMILES string of the molecule is [C-]#[N+]c1ccnc(N2C(=O)CC[C@@H]2C(=O)N(c2cncc(F)c2)[C@H](C(=O)NC2CC(F)(F)C2)c2ccccc2Cl)c1. The van der Waals surface area contributed by atoms with Crippen LogP contribution in [0.15, 0.2) is 61.1 Å². The van der Waals surface area contributed by atoms with Gasteiger partial charge in [-0.25, -0.2) is 23.0 Å². The largest absolute Gasteiger partial charge is 0.351 e. The molecule has 1 aromatic carbocycles. The molecule has 3 amide bonds. The molecule has 13 heteroatoms. The Morgan fingerprint density at radius 1 is 1.20 bits per heavy atom. The summed E-state index contributed by atoms with van der Waals surface area (Å²) < 4.78 is 41.6. The quantitative estimate of drug-likeness (QED) is 0.395. The van der Waals surface area contributed by atoms with E-state index in [0.29, 0.717) is 0 Å². The molecule has 0 radical (unpaired) electrons. The first-order valence-electron chi connectivity index (χ1n) is 12.6. The number of halogens is 4. The molecule has 0 spiro atoms. The van der Waals surface area contributed by atoms with Gasteiger partial charge in [0.05, 0.1) is 24.7 Å². The van der Waals surface area contributed by atoms with Crippen molar-refractivity contribution in [3.8, 4) is 0 Å². The number of carbonyl (C=O) groups is 3. The van der Waals surface area contributed by atoms with Gasteiger partial charge in [0.15, 0.2) is 5.69 Å². The van der Waals surface area contributed by atoms with Crippen LogP contribution in [0.3, 0.4) is 0 Å². The number of hydrogen-bond acceptors (Lipinski definition) is 5. The van der Waals surface area contributed by atoms with Crippen LogP contribution in [-0.2, 0) is 14.4 Å². The van der Waals surface area contributed by atoms with Crippen LogP contribution < -0.4 is 15.1 Å². The third-order valence-electron chi connectivity index (χ3n) is 6.95. The average molecular weight is 583 g/mol. The first kappa shape index (κ1) is 28.0. The van der Waals surface area contributed by atoms with E-state index in [1.807, 2.05) is 0 Å². The fourth-order valence-electron chi connectivity index (χ4n) is 5.05. The van der Waals surface area contributed by atoms with E-state index in [9.17, 15) is 27.6 Å². The molecule has 1 aliphatic carbocycles. The lowest BCUT2D eigenvalue weighted by Crippen LogP contribution is -2.56. The maximum Gasteiger partial charge on any atom is 0.252 e. The third-order valence-corrected chi connectivity index (χ3v) is 7.30. The fourth-order valence-corrected chi connectivity index (χ4v) is 5.29. The Morgan fingerprint density at radius 3 is 2.63 bits per heavy atom. The van der Waals surface area contributed by atoms with Gasteiger partial charge in [-0.2, -0.15) is 0 Å². The van der Waals surface area contributed by atoms with Crippen molar-refractivity contribution in [3.63, 3.8) is 0 Å². The van der Waals surface area contributed by atoms with Gasteiger partial charge in [0.2, 0.25) is 11.8 Å². The van der Waals surface area contributed by atoms with E-state index in [1.165, 1.54) is 36.7 Å². The highest BCUT2D eigenvalue weighted by Gasteiger charge is 2.48. The second kappa shape index (κ2) is 11.2. The Hall–Kier alpha value is -4.50. The molecule has 210 valence electrons. The van der Waals surface area contributed by atoms with Crippen molar-refractivity contribution in [1.29, 1.82) is 0 Å². The molecule has 1 saturated heterocycles. The van der Waals surface area contributed by atoms with Crippen LogP contribution in [0.1, 0.15) is 37.3 Å². The average Bonchev–Trinajstić information content (AvgIpc) is 3.32. The molecule has 2 aliphatic rings. The standard InChI is InChI=1S/C28H22ClF3N6O3/c1-33-17-8-9-35-23(11-17)38-22(6-7-24(38)39)27(41)37(19-10-16(30)14-34-15-19)25(20-4-2-3-5-21(20)29)26(40)36-18-12-28(31,32)13-18/h2-5,8-11,14-15,18,22,25H,6-7,12-13H2,(H,36,40)/t22-,25+/m1/s1. The normalized spacial score (nSPS) is 18.8. The minimum atomic E-state index is -2.92. The van der Waals surface area contributed by atoms with Gasteiger partial charge in [0.1, 0.15) is 23.7 Å². The molecule has 2 atom stereocenters. The van der Waals surface area contributed by atoms with Crippen LogP contribution in [0.25, 0.3) is 4.85 Å². The topological polar surface area (TPSA) is 99.9 Å². The predicted octanol–water partition coefficient (Wildman–Crippen LogP) is 5.00. The number of rotatable bonds is 7. The molecule has 2 aromatic heterocycles. The number of hydrogen-bond donors (Lipinski definition) is 1. The maximum atomic E-state index is 14.4. The van der Waals surface area contributed by atoms with Gasteiger partial charge in [0, 0.05) is 48.2 Å². The molecule has 3 aromatic rings. The van der Waals surface area contributed by atoms with Crippen LogP contribution >= 0.6 is 11.6 Å². The van der Waals surface area contributed by atoms with Crippen LogP contribution in [0.5, 0.6) is 0 Å². The zero-order valence-electron chi connectivity index (χ0n) is 21.3. The van der Waals surface area contributed by atoms with Gasteiger partial charge in [0.25, 0.3) is 11.8 Å². The van der Waals surface area contributed by atoms with Crippen LogP contribution in [0.2, 0.25) is 5.02 Å². The van der Waals surface area contributed by atoms with E-state index in [1.54, 1.807) is 12.1 Å². The summed E-state index contributed by atoms with van der Waals surface area (Å²) in [5.74, 6) is -5.70. The lowest BCUT2D eigenvalue weighted by atomic mass is 9.87. The van der Waals surface area contributed by atoms with Crippen molar-refractivity contribution < 1.29 is 27.6 Å². The second-order valence-electron chi connectivity index (χ2n) is 9.77. The summed E-state index contributed by atoms with van der Waals surface area (Å²) in [6.07, 6.45) is 2.28. The second-order valence-corrected chi connectivity index (χ2v) is 10.2. The highest BCUT2D eigenvalue weighted by Crippen LogP contribution is 2.40. The highest BCUT2D eigenvalue weighted by molar-refractivity contribution is 6.31. The zero-order chi connectivity index (χ0) is 29.3. The van der Waals surface area contributed by atoms with E-state index in [4.69, 9.17) is 18.2 Å². The molecule has 1 saturated carbocycles. The lowest BCUT2D eigenvalue weighted by Gasteiger charge is -2.39. The molecule has 1 N–H and O–H groups in total. The van der Waals surface area contributed by atoms with E-state index in [2.05, 4.69) is 20.1 Å². The number of pyridine rings is 2. The Morgan fingerprint density at radius 2 is 1.95 bits per heavy atom. The summed E-state index contributed by atoms with van der Waals surface area (Å²) in [5, 5.41) is 2.66. The number of alkyl halides is 2. The van der Waals surface area contributed by atoms with Gasteiger partial charge >= 0.3 is 0 Å². The monoisotopic (exact) mass is 582 g/mol. The van der Waals surface area contributed by atoms with Crippen molar-refractivity contribution >= 4 is 46.5 Å². The Labute approximate surface area is 237 Å². The number of amides is 3. The Bertz CT molecular complexity index is 1560. The molecule has 2 fully saturated rings. The molecular weight excluding hydrogens is 561 g/mol. The number of benzene rings is 1. The summed E-state index contributed by atoms with van der Waals surface area (Å²) in [5.41, 5.74) is 0.230. The number of nitrogens with zero attached hydrogens (tertiary/aromatic N) is 5. The van der Waals surface area contributed by atoms with Gasteiger partial charge in [-0.1, -0.05) is 29.8 Å². The first-order valence-corrected chi connectivity index (χ1v) is 13.0. The number of carbonyl (C=O) groups excluding carboxylic acids is 3. The predicted molar refractivity (Wildman–Crippen MR) is 143 cm³/mol. The molecule has 41 heavy (non-hydrogen) atoms. The molecule has 0 unspecified atom stereocenters. The number of aromatic nitrogens is 2. The molecule has 9 nitrogen and oxygen atoms in total. The zero-order valence-corrected chi connectivity index (χ0v) is 22.1. The van der Waals surface area contributed by atoms with Crippen LogP contribution in [0, 0.1) is 12.4 Å². The van der Waals surface area contributed by atoms with Crippen molar-refractivity contribution in [1.82, 2.24) is 15.3 Å². The Kier molecular flexibility index (Phi) is 7.64. The molecule has 5 rings (SSSR count). The van der Waals surface area contributed by atoms with E-state index >= 15 is 0 Å². The first-order chi connectivity index (χ1) is 19.6. The molecule has 0 bridgehead atoms. The summed E-state index contributed by atoms with van der Waals surface area (Å²) in [6.45, 7) is 7.29. The highest BCUT2D eigenvalue weighted by atomic mass is 35.5. The molecule has 1 aliphatic heterocycles. The van der Waals surface area contributed by atoms with Gasteiger partial charge in [-0.05, 0) is 24.6 Å². The van der Waals surface area contributed by atoms with Crippen LogP contribution in [0.4, 0.5) is 30.4 Å². The summed E-state index contributed by atoms with van der Waals surface area (Å²) >= 11 is 6.47. The summed E-state index contributed by atoms with van der Waals surface area (Å²) in [6, 6.07) is 6.40. The minimum absolute atomic E-state index is 0.0321. The van der Waals surface area contributed by atoms with Crippen molar-refractivity contribution in [3.05, 3.63) is 88.9 Å². The molecule has 3 heterocycles. The van der Waals surface area contributed by atoms with Gasteiger partial charge in [-0.3, -0.25) is 29.2 Å². The minimum Gasteiger partial charge on any atom is -0.351 e. The number of anilines is 2. The van der Waals surface area contributed by atoms with E-state index in [0.717, 1.165) is 22.1 Å². The lowest BCUT2D eigenvalue weighted by molar-refractivity contribution is -0.133.